The lowest BCUT2D eigenvalue weighted by Crippen LogP contribution is -2.41. The van der Waals surface area contributed by atoms with Gasteiger partial charge < -0.3 is 5.32 Å². The lowest BCUT2D eigenvalue weighted by Gasteiger charge is -2.30. The third-order valence-corrected chi connectivity index (χ3v) is 7.17. The smallest absolute Gasteiger partial charge is 0.227 e. The predicted octanol–water partition coefficient (Wildman–Crippen LogP) is 3.74. The van der Waals surface area contributed by atoms with Gasteiger partial charge in [0.1, 0.15) is 0 Å². The molecular formula is C22H28N2O3S. The molecule has 0 saturated carbocycles. The number of aryl methyl sites for hydroxylation is 2. The summed E-state index contributed by atoms with van der Waals surface area (Å²) < 4.78 is 26.9. The van der Waals surface area contributed by atoms with Crippen molar-refractivity contribution in [1.82, 2.24) is 4.31 Å². The molecule has 0 spiro atoms. The summed E-state index contributed by atoms with van der Waals surface area (Å²) in [6.45, 7) is 4.85. The molecule has 0 aliphatic carbocycles. The lowest BCUT2D eigenvalue weighted by atomic mass is 9.97. The molecule has 6 heteroatoms. The minimum atomic E-state index is -3.36. The van der Waals surface area contributed by atoms with Crippen LogP contribution < -0.4 is 5.32 Å². The maximum Gasteiger partial charge on any atom is 0.227 e. The van der Waals surface area contributed by atoms with Gasteiger partial charge in [0.2, 0.25) is 15.9 Å². The SMILES string of the molecule is CCc1ccc(NC(=O)C2CCN(S(=O)(=O)Cc3ccc(C)cc3)CC2)cc1. The van der Waals surface area contributed by atoms with Crippen LogP contribution in [0.5, 0.6) is 0 Å². The average molecular weight is 401 g/mol. The summed E-state index contributed by atoms with van der Waals surface area (Å²) >= 11 is 0. The largest absolute Gasteiger partial charge is 0.326 e. The van der Waals surface area contributed by atoms with Gasteiger partial charge in [-0.25, -0.2) is 12.7 Å². The third kappa shape index (κ3) is 5.20. The second-order valence-corrected chi connectivity index (χ2v) is 9.42. The molecule has 1 saturated heterocycles. The normalized spacial score (nSPS) is 16.1. The van der Waals surface area contributed by atoms with Gasteiger partial charge in [-0.2, -0.15) is 0 Å². The standard InChI is InChI=1S/C22H28N2O3S/c1-3-18-8-10-21(11-9-18)23-22(25)20-12-14-24(15-13-20)28(26,27)16-19-6-4-17(2)5-7-19/h4-11,20H,3,12-16H2,1-2H3,(H,23,25). The minimum Gasteiger partial charge on any atom is -0.326 e. The van der Waals surface area contributed by atoms with Gasteiger partial charge in [0, 0.05) is 24.7 Å². The molecule has 0 aromatic heterocycles. The molecule has 5 nitrogen and oxygen atoms in total. The van der Waals surface area contributed by atoms with E-state index in [1.54, 1.807) is 0 Å². The van der Waals surface area contributed by atoms with E-state index in [4.69, 9.17) is 0 Å². The number of carbonyl (C=O) groups is 1. The van der Waals surface area contributed by atoms with E-state index in [-0.39, 0.29) is 17.6 Å². The molecule has 0 atom stereocenters. The number of sulfonamides is 1. The number of rotatable bonds is 6. The van der Waals surface area contributed by atoms with Crippen molar-refractivity contribution in [1.29, 1.82) is 0 Å². The number of piperidine rings is 1. The zero-order valence-corrected chi connectivity index (χ0v) is 17.3. The Hall–Kier alpha value is -2.18. The number of carbonyl (C=O) groups excluding carboxylic acids is 1. The summed E-state index contributed by atoms with van der Waals surface area (Å²) in [5.41, 5.74) is 3.92. The summed E-state index contributed by atoms with van der Waals surface area (Å²) in [5, 5.41) is 2.95. The van der Waals surface area contributed by atoms with Crippen LogP contribution in [0.3, 0.4) is 0 Å². The fourth-order valence-electron chi connectivity index (χ4n) is 3.45. The molecule has 1 fully saturated rings. The van der Waals surface area contributed by atoms with Crippen LogP contribution in [-0.2, 0) is 27.0 Å². The summed E-state index contributed by atoms with van der Waals surface area (Å²) in [4.78, 5) is 12.5. The monoisotopic (exact) mass is 400 g/mol. The van der Waals surface area contributed by atoms with E-state index in [1.165, 1.54) is 9.87 Å². The molecule has 1 aliphatic rings. The van der Waals surface area contributed by atoms with Crippen molar-refractivity contribution < 1.29 is 13.2 Å². The molecule has 1 amide bonds. The van der Waals surface area contributed by atoms with E-state index in [9.17, 15) is 13.2 Å². The van der Waals surface area contributed by atoms with Gasteiger partial charge in [-0.05, 0) is 49.4 Å². The second kappa shape index (κ2) is 8.88. The van der Waals surface area contributed by atoms with Crippen LogP contribution in [0.2, 0.25) is 0 Å². The predicted molar refractivity (Wildman–Crippen MR) is 113 cm³/mol. The van der Waals surface area contributed by atoms with Crippen LogP contribution in [0.4, 0.5) is 5.69 Å². The fourth-order valence-corrected chi connectivity index (χ4v) is 5.01. The summed E-state index contributed by atoms with van der Waals surface area (Å²) in [7, 11) is -3.36. The molecule has 28 heavy (non-hydrogen) atoms. The van der Waals surface area contributed by atoms with Crippen molar-refractivity contribution in [3.63, 3.8) is 0 Å². The maximum atomic E-state index is 12.7. The van der Waals surface area contributed by atoms with Crippen molar-refractivity contribution in [2.24, 2.45) is 5.92 Å². The van der Waals surface area contributed by atoms with Gasteiger partial charge in [-0.3, -0.25) is 4.79 Å². The zero-order chi connectivity index (χ0) is 20.1. The Bertz CT molecular complexity index is 898. The molecule has 150 valence electrons. The van der Waals surface area contributed by atoms with E-state index >= 15 is 0 Å². The molecule has 0 unspecified atom stereocenters. The van der Waals surface area contributed by atoms with Crippen LogP contribution in [0, 0.1) is 12.8 Å². The van der Waals surface area contributed by atoms with Crippen molar-refractivity contribution >= 4 is 21.6 Å². The van der Waals surface area contributed by atoms with Gasteiger partial charge in [-0.1, -0.05) is 48.9 Å². The Balaban J connectivity index is 1.54. The fraction of sp³-hybridized carbons (Fsp3) is 0.409. The number of hydrogen-bond donors (Lipinski definition) is 1. The van der Waals surface area contributed by atoms with Crippen molar-refractivity contribution in [2.75, 3.05) is 18.4 Å². The van der Waals surface area contributed by atoms with E-state index in [0.717, 1.165) is 23.2 Å². The van der Waals surface area contributed by atoms with Gasteiger partial charge in [-0.15, -0.1) is 0 Å². The highest BCUT2D eigenvalue weighted by atomic mass is 32.2. The van der Waals surface area contributed by atoms with Crippen LogP contribution in [0.15, 0.2) is 48.5 Å². The topological polar surface area (TPSA) is 66.5 Å². The summed E-state index contributed by atoms with van der Waals surface area (Å²) in [6, 6.07) is 15.4. The number of hydrogen-bond acceptors (Lipinski definition) is 3. The first kappa shape index (κ1) is 20.6. The van der Waals surface area contributed by atoms with Crippen LogP contribution >= 0.6 is 0 Å². The second-order valence-electron chi connectivity index (χ2n) is 7.45. The van der Waals surface area contributed by atoms with Gasteiger partial charge in [0.25, 0.3) is 0 Å². The Morgan fingerprint density at radius 2 is 1.57 bits per heavy atom. The number of nitrogens with zero attached hydrogens (tertiary/aromatic N) is 1. The molecule has 1 N–H and O–H groups in total. The minimum absolute atomic E-state index is 0.00786. The van der Waals surface area contributed by atoms with Gasteiger partial charge >= 0.3 is 0 Å². The first-order valence-corrected chi connectivity index (χ1v) is 11.4. The molecule has 2 aromatic rings. The van der Waals surface area contributed by atoms with Crippen LogP contribution in [0.1, 0.15) is 36.5 Å². The summed E-state index contributed by atoms with van der Waals surface area (Å²) in [6.07, 6.45) is 2.06. The first-order valence-electron chi connectivity index (χ1n) is 9.80. The average Bonchev–Trinajstić information content (AvgIpc) is 2.70. The number of nitrogens with one attached hydrogen (secondary N) is 1. The van der Waals surface area contributed by atoms with E-state index < -0.39 is 10.0 Å². The molecule has 1 heterocycles. The van der Waals surface area contributed by atoms with E-state index in [2.05, 4.69) is 12.2 Å². The molecule has 1 aliphatic heterocycles. The Morgan fingerprint density at radius 1 is 1.00 bits per heavy atom. The van der Waals surface area contributed by atoms with E-state index in [0.29, 0.717) is 25.9 Å². The van der Waals surface area contributed by atoms with Crippen molar-refractivity contribution in [3.05, 3.63) is 65.2 Å². The van der Waals surface area contributed by atoms with Gasteiger partial charge in [0.05, 0.1) is 5.75 Å². The highest BCUT2D eigenvalue weighted by Crippen LogP contribution is 2.23. The molecule has 2 aromatic carbocycles. The highest BCUT2D eigenvalue weighted by molar-refractivity contribution is 7.88. The molecule has 3 rings (SSSR count). The van der Waals surface area contributed by atoms with Crippen LogP contribution in [-0.4, -0.2) is 31.7 Å². The summed E-state index contributed by atoms with van der Waals surface area (Å²) in [5.74, 6) is -0.176. The lowest BCUT2D eigenvalue weighted by molar-refractivity contribution is -0.120. The quantitative estimate of drug-likeness (QED) is 0.803. The van der Waals surface area contributed by atoms with Crippen molar-refractivity contribution in [3.8, 4) is 0 Å². The van der Waals surface area contributed by atoms with Crippen molar-refractivity contribution in [2.45, 2.75) is 38.9 Å². The third-order valence-electron chi connectivity index (χ3n) is 5.32. The molecule has 0 radical (unpaired) electrons. The Morgan fingerprint density at radius 3 is 2.14 bits per heavy atom. The number of amides is 1. The van der Waals surface area contributed by atoms with Crippen LogP contribution in [0.25, 0.3) is 0 Å². The molecular weight excluding hydrogens is 372 g/mol. The molecule has 0 bridgehead atoms. The number of anilines is 1. The number of benzene rings is 2. The zero-order valence-electron chi connectivity index (χ0n) is 16.5. The van der Waals surface area contributed by atoms with Gasteiger partial charge in [0.15, 0.2) is 0 Å². The first-order chi connectivity index (χ1) is 13.4. The van der Waals surface area contributed by atoms with E-state index in [1.807, 2.05) is 55.5 Å². The maximum absolute atomic E-state index is 12.7. The highest BCUT2D eigenvalue weighted by Gasteiger charge is 2.31. The Kier molecular flexibility index (Phi) is 6.52. The Labute approximate surface area is 167 Å².